The normalized spacial score (nSPS) is 11.1. The number of aryl methyl sites for hydroxylation is 1. The molecule has 0 aromatic heterocycles. The lowest BCUT2D eigenvalue weighted by Crippen LogP contribution is -2.18. The smallest absolute Gasteiger partial charge is 0.240 e. The number of anilines is 3. The third-order valence-electron chi connectivity index (χ3n) is 4.35. The van der Waals surface area contributed by atoms with E-state index in [0.717, 1.165) is 16.9 Å². The molecule has 0 atom stereocenters. The van der Waals surface area contributed by atoms with E-state index in [1.807, 2.05) is 54.6 Å². The molecule has 0 radical (unpaired) electrons. The van der Waals surface area contributed by atoms with Crippen molar-refractivity contribution in [3.05, 3.63) is 84.4 Å². The quantitative estimate of drug-likeness (QED) is 0.526. The van der Waals surface area contributed by atoms with E-state index in [1.165, 1.54) is 19.2 Å². The van der Waals surface area contributed by atoms with E-state index in [2.05, 4.69) is 15.4 Å². The van der Waals surface area contributed by atoms with Crippen LogP contribution in [0.4, 0.5) is 17.1 Å². The summed E-state index contributed by atoms with van der Waals surface area (Å²) in [7, 11) is -2.08. The SMILES string of the molecule is CNS(=O)(=O)c1ccc(CCC(=O)Nc2cccc(Nc3ccccc3)c2)cc1. The summed E-state index contributed by atoms with van der Waals surface area (Å²) in [6.45, 7) is 0. The van der Waals surface area contributed by atoms with E-state index >= 15 is 0 Å². The lowest BCUT2D eigenvalue weighted by molar-refractivity contribution is -0.116. The van der Waals surface area contributed by atoms with E-state index in [-0.39, 0.29) is 10.8 Å². The van der Waals surface area contributed by atoms with E-state index < -0.39 is 10.0 Å². The van der Waals surface area contributed by atoms with Gasteiger partial charge in [0.2, 0.25) is 15.9 Å². The van der Waals surface area contributed by atoms with Gasteiger partial charge in [0.1, 0.15) is 0 Å². The Labute approximate surface area is 171 Å². The molecule has 6 nitrogen and oxygen atoms in total. The largest absolute Gasteiger partial charge is 0.355 e. The Morgan fingerprint density at radius 2 is 1.48 bits per heavy atom. The first-order chi connectivity index (χ1) is 14.0. The number of benzene rings is 3. The van der Waals surface area contributed by atoms with Crippen LogP contribution in [0.15, 0.2) is 83.8 Å². The second-order valence-corrected chi connectivity index (χ2v) is 8.36. The van der Waals surface area contributed by atoms with Crippen molar-refractivity contribution in [1.29, 1.82) is 0 Å². The molecule has 3 rings (SSSR count). The van der Waals surface area contributed by atoms with E-state index in [0.29, 0.717) is 18.5 Å². The van der Waals surface area contributed by atoms with Gasteiger partial charge in [0.25, 0.3) is 0 Å². The summed E-state index contributed by atoms with van der Waals surface area (Å²) in [4.78, 5) is 12.5. The van der Waals surface area contributed by atoms with Gasteiger partial charge in [0.15, 0.2) is 0 Å². The van der Waals surface area contributed by atoms with Crippen LogP contribution in [0, 0.1) is 0 Å². The van der Waals surface area contributed by atoms with Gasteiger partial charge in [-0.15, -0.1) is 0 Å². The molecule has 0 fully saturated rings. The predicted octanol–water partition coefficient (Wildman–Crippen LogP) is 3.91. The third kappa shape index (κ3) is 5.91. The number of hydrogen-bond acceptors (Lipinski definition) is 4. The van der Waals surface area contributed by atoms with Gasteiger partial charge in [-0.1, -0.05) is 36.4 Å². The average molecular weight is 410 g/mol. The van der Waals surface area contributed by atoms with Crippen LogP contribution in [0.25, 0.3) is 0 Å². The maximum atomic E-state index is 12.3. The first-order valence-corrected chi connectivity index (χ1v) is 10.7. The van der Waals surface area contributed by atoms with Crippen molar-refractivity contribution in [1.82, 2.24) is 4.72 Å². The summed E-state index contributed by atoms with van der Waals surface area (Å²) in [5, 5.41) is 6.19. The molecule has 0 aliphatic heterocycles. The monoisotopic (exact) mass is 409 g/mol. The number of amides is 1. The molecule has 0 heterocycles. The van der Waals surface area contributed by atoms with Crippen molar-refractivity contribution >= 4 is 33.0 Å². The fourth-order valence-electron chi connectivity index (χ4n) is 2.80. The van der Waals surface area contributed by atoms with Crippen LogP contribution in [0.3, 0.4) is 0 Å². The molecule has 0 bridgehead atoms. The van der Waals surface area contributed by atoms with Crippen molar-refractivity contribution in [2.75, 3.05) is 17.7 Å². The Bertz CT molecular complexity index is 1070. The molecule has 0 saturated heterocycles. The molecular formula is C22H23N3O3S. The van der Waals surface area contributed by atoms with Crippen LogP contribution in [0.2, 0.25) is 0 Å². The van der Waals surface area contributed by atoms with Crippen molar-refractivity contribution in [3.8, 4) is 0 Å². The summed E-state index contributed by atoms with van der Waals surface area (Å²) >= 11 is 0. The van der Waals surface area contributed by atoms with Gasteiger partial charge in [-0.2, -0.15) is 0 Å². The van der Waals surface area contributed by atoms with Crippen molar-refractivity contribution < 1.29 is 13.2 Å². The molecule has 29 heavy (non-hydrogen) atoms. The third-order valence-corrected chi connectivity index (χ3v) is 5.78. The zero-order chi connectivity index (χ0) is 20.7. The van der Waals surface area contributed by atoms with Gasteiger partial charge in [0, 0.05) is 23.5 Å². The molecule has 3 aromatic rings. The first-order valence-electron chi connectivity index (χ1n) is 9.21. The molecule has 3 N–H and O–H groups in total. The minimum absolute atomic E-state index is 0.103. The topological polar surface area (TPSA) is 87.3 Å². The second-order valence-electron chi connectivity index (χ2n) is 6.47. The number of rotatable bonds is 8. The number of hydrogen-bond donors (Lipinski definition) is 3. The fourth-order valence-corrected chi connectivity index (χ4v) is 3.53. The lowest BCUT2D eigenvalue weighted by Gasteiger charge is -2.10. The minimum atomic E-state index is -3.45. The average Bonchev–Trinajstić information content (AvgIpc) is 2.73. The van der Waals surface area contributed by atoms with E-state index in [9.17, 15) is 13.2 Å². The highest BCUT2D eigenvalue weighted by atomic mass is 32.2. The Hall–Kier alpha value is -3.16. The van der Waals surface area contributed by atoms with Crippen molar-refractivity contribution in [2.24, 2.45) is 0 Å². The highest BCUT2D eigenvalue weighted by molar-refractivity contribution is 7.89. The van der Waals surface area contributed by atoms with E-state index in [1.54, 1.807) is 12.1 Å². The standard InChI is InChI=1S/C22H23N3O3S/c1-23-29(27,28)21-13-10-17(11-14-21)12-15-22(26)25-20-9-5-8-19(16-20)24-18-6-3-2-4-7-18/h2-11,13-14,16,23-24H,12,15H2,1H3,(H,25,26). The number of carbonyl (C=O) groups excluding carboxylic acids is 1. The van der Waals surface area contributed by atoms with E-state index in [4.69, 9.17) is 0 Å². The molecule has 3 aromatic carbocycles. The molecule has 0 aliphatic rings. The van der Waals surface area contributed by atoms with Gasteiger partial charge in [-0.05, 0) is 61.5 Å². The zero-order valence-electron chi connectivity index (χ0n) is 16.1. The molecule has 0 saturated carbocycles. The maximum Gasteiger partial charge on any atom is 0.240 e. The Kier molecular flexibility index (Phi) is 6.64. The van der Waals surface area contributed by atoms with Crippen LogP contribution in [0.1, 0.15) is 12.0 Å². The van der Waals surface area contributed by atoms with Crippen molar-refractivity contribution in [3.63, 3.8) is 0 Å². The Morgan fingerprint density at radius 1 is 0.828 bits per heavy atom. The van der Waals surface area contributed by atoms with Gasteiger partial charge >= 0.3 is 0 Å². The summed E-state index contributed by atoms with van der Waals surface area (Å²) in [5.41, 5.74) is 3.47. The highest BCUT2D eigenvalue weighted by Crippen LogP contribution is 2.20. The molecule has 7 heteroatoms. The van der Waals surface area contributed by atoms with Gasteiger partial charge in [-0.25, -0.2) is 13.1 Å². The second kappa shape index (κ2) is 9.36. The highest BCUT2D eigenvalue weighted by Gasteiger charge is 2.11. The number of para-hydroxylation sites is 1. The lowest BCUT2D eigenvalue weighted by atomic mass is 10.1. The number of nitrogens with one attached hydrogen (secondary N) is 3. The van der Waals surface area contributed by atoms with Gasteiger partial charge in [0.05, 0.1) is 4.90 Å². The van der Waals surface area contributed by atoms with Crippen LogP contribution in [0.5, 0.6) is 0 Å². The Morgan fingerprint density at radius 3 is 2.17 bits per heavy atom. The van der Waals surface area contributed by atoms with Gasteiger partial charge < -0.3 is 10.6 Å². The summed E-state index contributed by atoms with van der Waals surface area (Å²) in [6, 6.07) is 23.9. The van der Waals surface area contributed by atoms with Crippen molar-refractivity contribution in [2.45, 2.75) is 17.7 Å². The molecule has 0 unspecified atom stereocenters. The Balaban J connectivity index is 1.55. The summed E-state index contributed by atoms with van der Waals surface area (Å²) in [5.74, 6) is -0.103. The number of sulfonamides is 1. The zero-order valence-corrected chi connectivity index (χ0v) is 16.9. The van der Waals surface area contributed by atoms with Crippen LogP contribution >= 0.6 is 0 Å². The molecule has 0 aliphatic carbocycles. The summed E-state index contributed by atoms with van der Waals surface area (Å²) < 4.78 is 25.8. The molecular weight excluding hydrogens is 386 g/mol. The molecule has 0 spiro atoms. The molecule has 1 amide bonds. The molecule has 150 valence electrons. The maximum absolute atomic E-state index is 12.3. The summed E-state index contributed by atoms with van der Waals surface area (Å²) in [6.07, 6.45) is 0.822. The predicted molar refractivity (Wildman–Crippen MR) is 116 cm³/mol. The fraction of sp³-hybridized carbons (Fsp3) is 0.136. The van der Waals surface area contributed by atoms with Crippen LogP contribution in [-0.4, -0.2) is 21.4 Å². The van der Waals surface area contributed by atoms with Crippen LogP contribution < -0.4 is 15.4 Å². The van der Waals surface area contributed by atoms with Crippen LogP contribution in [-0.2, 0) is 21.2 Å². The first kappa shape index (κ1) is 20.6. The number of carbonyl (C=O) groups is 1. The minimum Gasteiger partial charge on any atom is -0.355 e. The van der Waals surface area contributed by atoms with Gasteiger partial charge in [-0.3, -0.25) is 4.79 Å².